The monoisotopic (exact) mass is 398 g/mol. The van der Waals surface area contributed by atoms with Gasteiger partial charge in [0.05, 0.1) is 0 Å². The molecule has 0 spiro atoms. The number of nitrogens with one attached hydrogen (secondary N) is 2. The van der Waals surface area contributed by atoms with Crippen LogP contribution in [0.15, 0.2) is 12.7 Å². The van der Waals surface area contributed by atoms with Crippen molar-refractivity contribution in [1.29, 1.82) is 0 Å². The fourth-order valence-corrected chi connectivity index (χ4v) is 3.51. The van der Waals surface area contributed by atoms with Gasteiger partial charge in [0.15, 0.2) is 0 Å². The molecule has 27 heavy (non-hydrogen) atoms. The van der Waals surface area contributed by atoms with Crippen LogP contribution in [0.1, 0.15) is 90.4 Å². The number of unbranched alkanes of at least 4 members (excludes halogenated alkanes) is 11. The Kier molecular flexibility index (Phi) is 19.1. The first-order valence-corrected chi connectivity index (χ1v) is 12.2. The molecule has 0 saturated heterocycles. The summed E-state index contributed by atoms with van der Waals surface area (Å²) in [6.45, 7) is 6.39. The van der Waals surface area contributed by atoms with Crippen LogP contribution in [0.5, 0.6) is 0 Å². The highest BCUT2D eigenvalue weighted by molar-refractivity contribution is 7.98. The largest absolute Gasteiger partial charge is 0.354 e. The molecule has 0 aromatic rings. The van der Waals surface area contributed by atoms with Crippen molar-refractivity contribution in [3.63, 3.8) is 0 Å². The van der Waals surface area contributed by atoms with Gasteiger partial charge in [-0.2, -0.15) is 11.8 Å². The first-order valence-electron chi connectivity index (χ1n) is 10.8. The van der Waals surface area contributed by atoms with Crippen LogP contribution in [0, 0.1) is 0 Å². The van der Waals surface area contributed by atoms with Crippen molar-refractivity contribution < 1.29 is 9.59 Å². The number of carbonyl (C=O) groups is 2. The van der Waals surface area contributed by atoms with Gasteiger partial charge in [-0.05, 0) is 30.9 Å². The quantitative estimate of drug-likeness (QED) is 0.231. The molecular weight excluding hydrogens is 356 g/mol. The lowest BCUT2D eigenvalue weighted by Crippen LogP contribution is -2.46. The summed E-state index contributed by atoms with van der Waals surface area (Å²) in [5, 5.41) is 5.67. The third-order valence-electron chi connectivity index (χ3n) is 4.76. The third kappa shape index (κ3) is 16.9. The molecule has 0 bridgehead atoms. The minimum atomic E-state index is -0.458. The minimum Gasteiger partial charge on any atom is -0.354 e. The van der Waals surface area contributed by atoms with Crippen LogP contribution >= 0.6 is 11.8 Å². The maximum absolute atomic E-state index is 12.2. The van der Waals surface area contributed by atoms with E-state index >= 15 is 0 Å². The van der Waals surface area contributed by atoms with Gasteiger partial charge in [-0.15, -0.1) is 0 Å². The summed E-state index contributed by atoms with van der Waals surface area (Å²) in [4.78, 5) is 23.7. The van der Waals surface area contributed by atoms with Gasteiger partial charge in [-0.3, -0.25) is 9.59 Å². The number of carbonyl (C=O) groups excluding carboxylic acids is 2. The molecule has 0 heterocycles. The van der Waals surface area contributed by atoms with Gasteiger partial charge in [0, 0.05) is 6.54 Å². The Bertz CT molecular complexity index is 389. The fraction of sp³-hybridized carbons (Fsp3) is 0.818. The predicted octanol–water partition coefficient (Wildman–Crippen LogP) is 5.23. The number of hydrogen-bond acceptors (Lipinski definition) is 3. The maximum atomic E-state index is 12.2. The smallest absolute Gasteiger partial charge is 0.244 e. The Balaban J connectivity index is 3.61. The third-order valence-corrected chi connectivity index (χ3v) is 5.40. The Labute approximate surface area is 171 Å². The molecule has 0 aliphatic carbocycles. The first-order chi connectivity index (χ1) is 13.2. The predicted molar refractivity (Wildman–Crippen MR) is 119 cm³/mol. The molecule has 5 heteroatoms. The van der Waals surface area contributed by atoms with Gasteiger partial charge in [0.1, 0.15) is 6.04 Å². The summed E-state index contributed by atoms with van der Waals surface area (Å²) in [5.41, 5.74) is 0. The number of thioether (sulfide) groups is 1. The van der Waals surface area contributed by atoms with Crippen LogP contribution in [-0.2, 0) is 9.59 Å². The Morgan fingerprint density at radius 2 is 1.44 bits per heavy atom. The van der Waals surface area contributed by atoms with E-state index in [1.807, 2.05) is 6.26 Å². The van der Waals surface area contributed by atoms with Gasteiger partial charge in [0.25, 0.3) is 0 Å². The molecule has 0 aromatic carbocycles. The van der Waals surface area contributed by atoms with E-state index in [1.165, 1.54) is 70.3 Å². The Morgan fingerprint density at radius 3 is 1.93 bits per heavy atom. The first kappa shape index (κ1) is 26.0. The summed E-state index contributed by atoms with van der Waals surface area (Å²) in [6, 6.07) is -0.458. The zero-order valence-corrected chi connectivity index (χ0v) is 18.5. The van der Waals surface area contributed by atoms with Crippen LogP contribution in [-0.4, -0.2) is 36.4 Å². The Morgan fingerprint density at radius 1 is 0.926 bits per heavy atom. The van der Waals surface area contributed by atoms with Crippen molar-refractivity contribution in [2.45, 2.75) is 96.4 Å². The summed E-state index contributed by atoms with van der Waals surface area (Å²) >= 11 is 1.67. The van der Waals surface area contributed by atoms with E-state index in [0.29, 0.717) is 13.0 Å². The van der Waals surface area contributed by atoms with Crippen molar-refractivity contribution in [1.82, 2.24) is 10.6 Å². The van der Waals surface area contributed by atoms with Crippen molar-refractivity contribution in [3.8, 4) is 0 Å². The van der Waals surface area contributed by atoms with Crippen LogP contribution in [0.4, 0.5) is 0 Å². The van der Waals surface area contributed by atoms with Crippen LogP contribution in [0.25, 0.3) is 0 Å². The van der Waals surface area contributed by atoms with Gasteiger partial charge in [-0.25, -0.2) is 0 Å². The van der Waals surface area contributed by atoms with Gasteiger partial charge >= 0.3 is 0 Å². The molecule has 2 N–H and O–H groups in total. The molecule has 0 rings (SSSR count). The van der Waals surface area contributed by atoms with Crippen LogP contribution < -0.4 is 10.6 Å². The highest BCUT2D eigenvalue weighted by Gasteiger charge is 2.18. The van der Waals surface area contributed by atoms with E-state index in [0.717, 1.165) is 18.6 Å². The number of amides is 2. The zero-order valence-electron chi connectivity index (χ0n) is 17.7. The summed E-state index contributed by atoms with van der Waals surface area (Å²) in [5.74, 6) is 0.470. The Hall–Kier alpha value is -0.970. The average Bonchev–Trinajstić information content (AvgIpc) is 2.68. The molecule has 158 valence electrons. The summed E-state index contributed by atoms with van der Waals surface area (Å²) in [7, 11) is 0. The minimum absolute atomic E-state index is 0.0812. The molecule has 4 nitrogen and oxygen atoms in total. The highest BCUT2D eigenvalue weighted by Crippen LogP contribution is 2.11. The molecule has 0 fully saturated rings. The van der Waals surface area contributed by atoms with E-state index < -0.39 is 6.04 Å². The second-order valence-electron chi connectivity index (χ2n) is 7.23. The topological polar surface area (TPSA) is 58.2 Å². The van der Waals surface area contributed by atoms with Crippen molar-refractivity contribution in [2.24, 2.45) is 0 Å². The molecule has 0 aromatic heterocycles. The maximum Gasteiger partial charge on any atom is 0.244 e. The standard InChI is InChI=1S/C22H42N2O2S/c1-4-6-7-8-9-10-11-12-13-14-15-16-18-23-22(26)20(17-19-27-3)24-21(25)5-2/h5,20H,2,4,6-19H2,1,3H3,(H,23,26)(H,24,25)/t20-/m0/s1. The molecular formula is C22H42N2O2S. The normalized spacial score (nSPS) is 11.8. The lowest BCUT2D eigenvalue weighted by molar-refractivity contribution is -0.127. The molecule has 0 unspecified atom stereocenters. The van der Waals surface area contributed by atoms with Crippen molar-refractivity contribution in [3.05, 3.63) is 12.7 Å². The zero-order chi connectivity index (χ0) is 20.2. The number of rotatable bonds is 19. The van der Waals surface area contributed by atoms with Crippen molar-refractivity contribution in [2.75, 3.05) is 18.6 Å². The van der Waals surface area contributed by atoms with E-state index in [9.17, 15) is 9.59 Å². The van der Waals surface area contributed by atoms with E-state index in [1.54, 1.807) is 11.8 Å². The fourth-order valence-electron chi connectivity index (χ4n) is 3.04. The average molecular weight is 399 g/mol. The van der Waals surface area contributed by atoms with Gasteiger partial charge in [0.2, 0.25) is 11.8 Å². The van der Waals surface area contributed by atoms with E-state index in [4.69, 9.17) is 0 Å². The molecule has 0 aliphatic heterocycles. The number of hydrogen-bond donors (Lipinski definition) is 2. The lowest BCUT2D eigenvalue weighted by Gasteiger charge is -2.17. The second-order valence-corrected chi connectivity index (χ2v) is 8.21. The van der Waals surface area contributed by atoms with Crippen LogP contribution in [0.3, 0.4) is 0 Å². The summed E-state index contributed by atoms with van der Waals surface area (Å²) in [6.07, 6.45) is 19.6. The highest BCUT2D eigenvalue weighted by atomic mass is 32.2. The lowest BCUT2D eigenvalue weighted by atomic mass is 10.1. The van der Waals surface area contributed by atoms with Crippen LogP contribution in [0.2, 0.25) is 0 Å². The molecule has 0 radical (unpaired) electrons. The molecule has 0 saturated carbocycles. The van der Waals surface area contributed by atoms with E-state index in [-0.39, 0.29) is 11.8 Å². The SMILES string of the molecule is C=CC(=O)N[C@@H](CCSC)C(=O)NCCCCCCCCCCCCCC. The van der Waals surface area contributed by atoms with Gasteiger partial charge < -0.3 is 10.6 Å². The second kappa shape index (κ2) is 19.8. The molecule has 0 aliphatic rings. The summed E-state index contributed by atoms with van der Waals surface area (Å²) < 4.78 is 0. The van der Waals surface area contributed by atoms with E-state index in [2.05, 4.69) is 24.1 Å². The molecule has 2 amide bonds. The van der Waals surface area contributed by atoms with Crippen molar-refractivity contribution >= 4 is 23.6 Å². The van der Waals surface area contributed by atoms with Gasteiger partial charge in [-0.1, -0.05) is 84.1 Å². The molecule has 1 atom stereocenters.